The minimum atomic E-state index is -3.97. The molecule has 10 heteroatoms. The molecule has 1 fully saturated rings. The molecule has 4 rings (SSSR count). The Balaban J connectivity index is 1.68. The molecule has 2 atom stereocenters. The monoisotopic (exact) mass is 435 g/mol. The number of thiazole rings is 1. The highest BCUT2D eigenvalue weighted by atomic mass is 32.2. The molecule has 1 aromatic carbocycles. The van der Waals surface area contributed by atoms with Crippen LogP contribution in [0.1, 0.15) is 24.6 Å². The van der Waals surface area contributed by atoms with Gasteiger partial charge in [0.05, 0.1) is 19.4 Å². The van der Waals surface area contributed by atoms with Crippen molar-refractivity contribution in [2.75, 3.05) is 14.2 Å². The summed E-state index contributed by atoms with van der Waals surface area (Å²) in [6.07, 6.45) is 3.52. The van der Waals surface area contributed by atoms with Crippen LogP contribution in [0.4, 0.5) is 0 Å². The molecule has 0 aliphatic heterocycles. The number of esters is 1. The van der Waals surface area contributed by atoms with Gasteiger partial charge in [0, 0.05) is 24.9 Å². The zero-order valence-electron chi connectivity index (χ0n) is 16.2. The van der Waals surface area contributed by atoms with Gasteiger partial charge in [-0.15, -0.1) is 0 Å². The van der Waals surface area contributed by atoms with Gasteiger partial charge in [-0.05, 0) is 12.0 Å². The van der Waals surface area contributed by atoms with E-state index in [9.17, 15) is 13.2 Å². The van der Waals surface area contributed by atoms with Crippen LogP contribution in [0.25, 0.3) is 4.96 Å². The quantitative estimate of drug-likeness (QED) is 0.571. The molecule has 154 valence electrons. The van der Waals surface area contributed by atoms with Gasteiger partial charge in [-0.1, -0.05) is 48.6 Å². The number of carbonyl (C=O) groups excluding carboxylic acids is 1. The maximum atomic E-state index is 13.1. The topological polar surface area (TPSA) is 99.0 Å². The summed E-state index contributed by atoms with van der Waals surface area (Å²) in [5, 5.41) is 0. The first-order valence-corrected chi connectivity index (χ1v) is 11.2. The third-order valence-corrected chi connectivity index (χ3v) is 8.38. The number of rotatable bonds is 7. The second-order valence-electron chi connectivity index (χ2n) is 7.28. The first-order valence-electron chi connectivity index (χ1n) is 8.90. The summed E-state index contributed by atoms with van der Waals surface area (Å²) < 4.78 is 40.6. The summed E-state index contributed by atoms with van der Waals surface area (Å²) in [5.41, 5.74) is -0.467. The van der Waals surface area contributed by atoms with Crippen molar-refractivity contribution in [3.8, 4) is 0 Å². The van der Waals surface area contributed by atoms with E-state index >= 15 is 0 Å². The number of hydrogen-bond acceptors (Lipinski definition) is 7. The highest BCUT2D eigenvalue weighted by Gasteiger charge is 2.72. The summed E-state index contributed by atoms with van der Waals surface area (Å²) in [6.45, 7) is 2.20. The van der Waals surface area contributed by atoms with Crippen LogP contribution < -0.4 is 4.72 Å². The molecule has 2 heterocycles. The molecule has 1 saturated carbocycles. The van der Waals surface area contributed by atoms with Crippen molar-refractivity contribution in [3.05, 3.63) is 54.0 Å². The fraction of sp³-hybridized carbons (Fsp3) is 0.368. The molecule has 29 heavy (non-hydrogen) atoms. The van der Waals surface area contributed by atoms with E-state index < -0.39 is 26.9 Å². The molecule has 2 aromatic heterocycles. The molecule has 0 bridgehead atoms. The number of sulfonamides is 1. The highest BCUT2D eigenvalue weighted by molar-refractivity contribution is 7.91. The number of nitrogens with one attached hydrogen (secondary N) is 1. The molecule has 1 N–H and O–H groups in total. The Morgan fingerprint density at radius 1 is 1.28 bits per heavy atom. The van der Waals surface area contributed by atoms with Crippen molar-refractivity contribution in [2.45, 2.75) is 35.1 Å². The summed E-state index contributed by atoms with van der Waals surface area (Å²) >= 11 is 1.03. The second-order valence-corrected chi connectivity index (χ2v) is 10.2. The van der Waals surface area contributed by atoms with Gasteiger partial charge in [0.25, 0.3) is 10.0 Å². The van der Waals surface area contributed by atoms with Crippen LogP contribution in [0.2, 0.25) is 0 Å². The van der Waals surface area contributed by atoms with Gasteiger partial charge < -0.3 is 9.47 Å². The Morgan fingerprint density at radius 3 is 2.62 bits per heavy atom. The van der Waals surface area contributed by atoms with E-state index in [2.05, 4.69) is 9.71 Å². The van der Waals surface area contributed by atoms with Crippen LogP contribution in [-0.2, 0) is 36.3 Å². The normalized spacial score (nSPS) is 24.0. The van der Waals surface area contributed by atoms with Gasteiger partial charge in [-0.2, -0.15) is 4.72 Å². The van der Waals surface area contributed by atoms with Gasteiger partial charge in [0.15, 0.2) is 9.17 Å². The van der Waals surface area contributed by atoms with Gasteiger partial charge in [-0.25, -0.2) is 18.2 Å². The van der Waals surface area contributed by atoms with Crippen LogP contribution in [0.3, 0.4) is 0 Å². The third kappa shape index (κ3) is 3.16. The minimum Gasteiger partial charge on any atom is -0.468 e. The lowest BCUT2D eigenvalue weighted by atomic mass is 9.93. The molecule has 0 saturated heterocycles. The summed E-state index contributed by atoms with van der Waals surface area (Å²) in [4.78, 5) is 17.5. The van der Waals surface area contributed by atoms with Crippen LogP contribution in [0.15, 0.2) is 46.9 Å². The van der Waals surface area contributed by atoms with E-state index in [-0.39, 0.29) is 4.21 Å². The SMILES string of the molecule is COCc1cn2cc(S(=O)(=O)N[C@@]3(C(=O)OC)CC3(C)c3ccccc3)sc2n1. The lowest BCUT2D eigenvalue weighted by molar-refractivity contribution is -0.144. The number of hydrogen-bond donors (Lipinski definition) is 1. The Labute approximate surface area is 172 Å². The molecule has 1 aliphatic carbocycles. The van der Waals surface area contributed by atoms with E-state index in [0.717, 1.165) is 16.9 Å². The number of methoxy groups -OCH3 is 2. The number of carbonyl (C=O) groups is 1. The third-order valence-electron chi connectivity index (χ3n) is 5.43. The average Bonchev–Trinajstić information content (AvgIpc) is 2.97. The summed E-state index contributed by atoms with van der Waals surface area (Å²) in [7, 11) is -1.14. The minimum absolute atomic E-state index is 0.0783. The molecular formula is C19H21N3O5S2. The lowest BCUT2D eigenvalue weighted by Crippen LogP contribution is -2.48. The maximum Gasteiger partial charge on any atom is 0.328 e. The van der Waals surface area contributed by atoms with Crippen molar-refractivity contribution in [3.63, 3.8) is 0 Å². The van der Waals surface area contributed by atoms with Crippen LogP contribution in [0.5, 0.6) is 0 Å². The Morgan fingerprint density at radius 2 is 2.00 bits per heavy atom. The number of nitrogens with zero attached hydrogens (tertiary/aromatic N) is 2. The van der Waals surface area contributed by atoms with Gasteiger partial charge in [0.2, 0.25) is 0 Å². The molecule has 0 amide bonds. The predicted octanol–water partition coefficient (Wildman–Crippen LogP) is 2.09. The van der Waals surface area contributed by atoms with Gasteiger partial charge >= 0.3 is 5.97 Å². The molecule has 8 nitrogen and oxygen atoms in total. The lowest BCUT2D eigenvalue weighted by Gasteiger charge is -2.22. The van der Waals surface area contributed by atoms with Crippen LogP contribution >= 0.6 is 11.3 Å². The van der Waals surface area contributed by atoms with E-state index in [1.165, 1.54) is 13.3 Å². The summed E-state index contributed by atoms with van der Waals surface area (Å²) in [6, 6.07) is 9.37. The van der Waals surface area contributed by atoms with Crippen LogP contribution in [-0.4, -0.2) is 43.5 Å². The maximum absolute atomic E-state index is 13.1. The number of ether oxygens (including phenoxy) is 2. The molecule has 0 spiro atoms. The van der Waals surface area contributed by atoms with E-state index in [0.29, 0.717) is 23.7 Å². The van der Waals surface area contributed by atoms with Crippen molar-refractivity contribution in [2.24, 2.45) is 0 Å². The van der Waals surface area contributed by atoms with Gasteiger partial charge in [-0.3, -0.25) is 4.40 Å². The van der Waals surface area contributed by atoms with E-state index in [4.69, 9.17) is 9.47 Å². The first-order chi connectivity index (χ1) is 13.8. The van der Waals surface area contributed by atoms with Crippen LogP contribution in [0, 0.1) is 0 Å². The van der Waals surface area contributed by atoms with Crippen molar-refractivity contribution < 1.29 is 22.7 Å². The average molecular weight is 436 g/mol. The zero-order chi connectivity index (χ0) is 20.9. The highest BCUT2D eigenvalue weighted by Crippen LogP contribution is 2.58. The van der Waals surface area contributed by atoms with E-state index in [1.807, 2.05) is 37.3 Å². The predicted molar refractivity (Wildman–Crippen MR) is 107 cm³/mol. The number of fused-ring (bicyclic) bond motifs is 1. The number of imidazole rings is 1. The van der Waals surface area contributed by atoms with Crippen molar-refractivity contribution >= 4 is 32.3 Å². The molecule has 0 radical (unpaired) electrons. The second kappa shape index (κ2) is 6.91. The molecule has 1 unspecified atom stereocenters. The standard InChI is InChI=1S/C19H21N3O5S2/c1-18(13-7-5-4-6-8-13)12-19(18,16(23)27-3)21-29(24,25)15-10-22-9-14(11-26-2)20-17(22)28-15/h4-10,21H,11-12H2,1-3H3/t18?,19-/m1/s1. The number of benzene rings is 1. The first kappa shape index (κ1) is 20.0. The zero-order valence-corrected chi connectivity index (χ0v) is 17.8. The largest absolute Gasteiger partial charge is 0.468 e. The fourth-order valence-electron chi connectivity index (χ4n) is 3.75. The van der Waals surface area contributed by atoms with Crippen molar-refractivity contribution in [1.29, 1.82) is 0 Å². The Kier molecular flexibility index (Phi) is 4.77. The smallest absolute Gasteiger partial charge is 0.328 e. The van der Waals surface area contributed by atoms with Crippen molar-refractivity contribution in [1.82, 2.24) is 14.1 Å². The van der Waals surface area contributed by atoms with Gasteiger partial charge in [0.1, 0.15) is 5.54 Å². The number of aromatic nitrogens is 2. The summed E-state index contributed by atoms with van der Waals surface area (Å²) in [5.74, 6) is -0.601. The Bertz CT molecular complexity index is 1140. The molecule has 1 aliphatic rings. The van der Waals surface area contributed by atoms with E-state index in [1.54, 1.807) is 17.7 Å². The fourth-order valence-corrected chi connectivity index (χ4v) is 6.45. The molecular weight excluding hydrogens is 414 g/mol. The molecule has 3 aromatic rings. The Hall–Kier alpha value is -2.27.